The molecule has 10 heteroatoms. The lowest BCUT2D eigenvalue weighted by atomic mass is 10.2. The van der Waals surface area contributed by atoms with E-state index in [2.05, 4.69) is 25.2 Å². The Morgan fingerprint density at radius 2 is 1.79 bits per heavy atom. The molecule has 0 aliphatic carbocycles. The number of benzene rings is 1. The third-order valence-electron chi connectivity index (χ3n) is 4.47. The molecule has 1 aromatic carbocycles. The average molecular weight is 463 g/mol. The van der Waals surface area contributed by atoms with Crippen molar-refractivity contribution >= 4 is 51.9 Å². The van der Waals surface area contributed by atoms with Gasteiger partial charge in [0, 0.05) is 12.1 Å². The molecule has 28 heavy (non-hydrogen) atoms. The molecule has 1 saturated heterocycles. The predicted molar refractivity (Wildman–Crippen MR) is 116 cm³/mol. The van der Waals surface area contributed by atoms with Gasteiger partial charge in [-0.2, -0.15) is 9.97 Å². The zero-order valence-electron chi connectivity index (χ0n) is 15.5. The molecular weight excluding hydrogens is 441 g/mol. The van der Waals surface area contributed by atoms with Crippen LogP contribution in [0.2, 0.25) is 0 Å². The van der Waals surface area contributed by atoms with Crippen LogP contribution in [0.4, 0.5) is 5.95 Å². The number of anilines is 1. The first-order valence-corrected chi connectivity index (χ1v) is 11.8. The maximum Gasteiger partial charge on any atom is 0.250 e. The molecule has 0 saturated carbocycles. The monoisotopic (exact) mass is 461 g/mol. The number of rotatable bonds is 7. The van der Waals surface area contributed by atoms with Crippen LogP contribution in [-0.2, 0) is 15.0 Å². The Balaban J connectivity index is 1.74. The number of halogens is 3. The second-order valence-corrected chi connectivity index (χ2v) is 10.3. The third kappa shape index (κ3) is 6.08. The van der Waals surface area contributed by atoms with Gasteiger partial charge >= 0.3 is 0 Å². The van der Waals surface area contributed by atoms with Gasteiger partial charge in [-0.1, -0.05) is 34.8 Å². The lowest BCUT2D eigenvalue weighted by Crippen LogP contribution is -2.23. The van der Waals surface area contributed by atoms with Crippen molar-refractivity contribution in [3.8, 4) is 11.4 Å². The molecule has 0 bridgehead atoms. The van der Waals surface area contributed by atoms with E-state index in [1.165, 1.54) is 25.9 Å². The highest BCUT2D eigenvalue weighted by Gasteiger charge is 2.28. The third-order valence-corrected chi connectivity index (χ3v) is 5.91. The molecule has 1 aliphatic heterocycles. The van der Waals surface area contributed by atoms with Gasteiger partial charge in [-0.3, -0.25) is 0 Å². The largest absolute Gasteiger partial charge is 0.612 e. The maximum atomic E-state index is 11.6. The Morgan fingerprint density at radius 3 is 2.39 bits per heavy atom. The van der Waals surface area contributed by atoms with Gasteiger partial charge in [-0.15, -0.1) is 0 Å². The second-order valence-electron chi connectivity index (χ2n) is 6.61. The molecule has 152 valence electrons. The molecule has 1 atom stereocenters. The number of nitrogens with zero attached hydrogens (tertiary/aromatic N) is 4. The Bertz CT molecular complexity index is 780. The summed E-state index contributed by atoms with van der Waals surface area (Å²) in [5.41, 5.74) is 0.729. The van der Waals surface area contributed by atoms with Crippen LogP contribution >= 0.6 is 34.8 Å². The summed E-state index contributed by atoms with van der Waals surface area (Å²) in [7, 11) is 0. The van der Waals surface area contributed by atoms with Crippen molar-refractivity contribution in [1.82, 2.24) is 19.9 Å². The van der Waals surface area contributed by atoms with Crippen LogP contribution in [0.15, 0.2) is 29.2 Å². The summed E-state index contributed by atoms with van der Waals surface area (Å²) >= 11 is 17.0. The van der Waals surface area contributed by atoms with E-state index in [-0.39, 0.29) is 5.82 Å². The number of aromatic nitrogens is 3. The molecule has 0 radical (unpaired) electrons. The fourth-order valence-corrected chi connectivity index (χ4v) is 3.79. The summed E-state index contributed by atoms with van der Waals surface area (Å²) in [6.45, 7) is 4.10. The molecular formula is C18H22Cl3N5OS. The van der Waals surface area contributed by atoms with Crippen LogP contribution in [0.5, 0.6) is 0 Å². The molecule has 1 N–H and O–H groups in total. The molecule has 0 spiro atoms. The molecule has 0 amide bonds. The van der Waals surface area contributed by atoms with Crippen LogP contribution < -0.4 is 5.32 Å². The van der Waals surface area contributed by atoms with Crippen molar-refractivity contribution in [1.29, 1.82) is 0 Å². The van der Waals surface area contributed by atoms with Crippen LogP contribution in [0.3, 0.4) is 0 Å². The summed E-state index contributed by atoms with van der Waals surface area (Å²) in [4.78, 5) is 16.2. The minimum absolute atomic E-state index is 0.0627. The van der Waals surface area contributed by atoms with Gasteiger partial charge in [-0.05, 0) is 74.3 Å². The molecule has 3 rings (SSSR count). The van der Waals surface area contributed by atoms with E-state index in [1.54, 1.807) is 30.5 Å². The van der Waals surface area contributed by atoms with Crippen LogP contribution in [-0.4, -0.2) is 56.8 Å². The SMILES string of the molecule is C[S+]([O-])c1ccc(-c2nc(NCCCN3CCCC3)nc(C(Cl)(Cl)Cl)n2)cc1. The zero-order chi connectivity index (χ0) is 20.1. The van der Waals surface area contributed by atoms with E-state index in [0.717, 1.165) is 23.4 Å². The highest BCUT2D eigenvalue weighted by atomic mass is 35.6. The number of likely N-dealkylation sites (tertiary alicyclic amines) is 1. The highest BCUT2D eigenvalue weighted by molar-refractivity contribution is 7.90. The van der Waals surface area contributed by atoms with Gasteiger partial charge in [-0.25, -0.2) is 4.98 Å². The number of nitrogens with one attached hydrogen (secondary N) is 1. The Morgan fingerprint density at radius 1 is 1.11 bits per heavy atom. The minimum Gasteiger partial charge on any atom is -0.612 e. The Kier molecular flexibility index (Phi) is 7.64. The number of hydrogen-bond donors (Lipinski definition) is 1. The van der Waals surface area contributed by atoms with Gasteiger partial charge in [0.2, 0.25) is 9.74 Å². The van der Waals surface area contributed by atoms with Gasteiger partial charge in [0.15, 0.2) is 16.5 Å². The topological polar surface area (TPSA) is 77.0 Å². The summed E-state index contributed by atoms with van der Waals surface area (Å²) in [6, 6.07) is 7.14. The first-order chi connectivity index (χ1) is 13.3. The van der Waals surface area contributed by atoms with Gasteiger partial charge < -0.3 is 14.8 Å². The van der Waals surface area contributed by atoms with E-state index >= 15 is 0 Å². The molecule has 2 aromatic rings. The van der Waals surface area contributed by atoms with E-state index in [1.807, 2.05) is 0 Å². The van der Waals surface area contributed by atoms with Gasteiger partial charge in [0.1, 0.15) is 6.26 Å². The highest BCUT2D eigenvalue weighted by Crippen LogP contribution is 2.36. The van der Waals surface area contributed by atoms with Crippen LogP contribution in [0, 0.1) is 0 Å². The molecule has 2 heterocycles. The Labute approximate surface area is 183 Å². The predicted octanol–water partition coefficient (Wildman–Crippen LogP) is 4.00. The average Bonchev–Trinajstić information content (AvgIpc) is 3.18. The lowest BCUT2D eigenvalue weighted by Gasteiger charge is -2.15. The Hall–Kier alpha value is -0.830. The summed E-state index contributed by atoms with van der Waals surface area (Å²) in [5.74, 6) is 0.829. The molecule has 1 aliphatic rings. The lowest BCUT2D eigenvalue weighted by molar-refractivity contribution is 0.337. The van der Waals surface area contributed by atoms with Crippen molar-refractivity contribution in [3.63, 3.8) is 0 Å². The van der Waals surface area contributed by atoms with Gasteiger partial charge in [0.05, 0.1) is 0 Å². The van der Waals surface area contributed by atoms with Gasteiger partial charge in [0.25, 0.3) is 0 Å². The van der Waals surface area contributed by atoms with Crippen molar-refractivity contribution in [2.24, 2.45) is 0 Å². The summed E-state index contributed by atoms with van der Waals surface area (Å²) < 4.78 is 9.82. The molecule has 1 aromatic heterocycles. The van der Waals surface area contributed by atoms with Crippen LogP contribution in [0.1, 0.15) is 25.1 Å². The van der Waals surface area contributed by atoms with E-state index in [0.29, 0.717) is 18.3 Å². The number of hydrogen-bond acceptors (Lipinski definition) is 6. The zero-order valence-corrected chi connectivity index (χ0v) is 18.6. The maximum absolute atomic E-state index is 11.6. The van der Waals surface area contributed by atoms with Crippen molar-refractivity contribution in [2.45, 2.75) is 28.0 Å². The standard InChI is InChI=1S/C18H22Cl3N5OS/c1-28(27)14-7-5-13(6-8-14)15-23-16(18(19,20)21)25-17(24-15)22-9-4-12-26-10-2-3-11-26/h5-8H,2-4,9-12H2,1H3,(H,22,23,24,25). The fraction of sp³-hybridized carbons (Fsp3) is 0.500. The molecule has 6 nitrogen and oxygen atoms in total. The minimum atomic E-state index is -1.76. The molecule has 1 fully saturated rings. The quantitative estimate of drug-likeness (QED) is 0.381. The smallest absolute Gasteiger partial charge is 0.250 e. The van der Waals surface area contributed by atoms with E-state index in [4.69, 9.17) is 34.8 Å². The van der Waals surface area contributed by atoms with Crippen molar-refractivity contribution in [2.75, 3.05) is 37.8 Å². The van der Waals surface area contributed by atoms with E-state index < -0.39 is 15.0 Å². The first-order valence-electron chi connectivity index (χ1n) is 9.06. The van der Waals surface area contributed by atoms with E-state index in [9.17, 15) is 4.55 Å². The normalized spacial score (nSPS) is 16.3. The summed E-state index contributed by atoms with van der Waals surface area (Å²) in [5, 5.41) is 3.21. The van der Waals surface area contributed by atoms with Crippen molar-refractivity contribution in [3.05, 3.63) is 30.1 Å². The first kappa shape index (κ1) is 21.9. The van der Waals surface area contributed by atoms with Crippen LogP contribution in [0.25, 0.3) is 11.4 Å². The number of alkyl halides is 3. The fourth-order valence-electron chi connectivity index (χ4n) is 3.02. The van der Waals surface area contributed by atoms with Crippen molar-refractivity contribution < 1.29 is 4.55 Å². The second kappa shape index (κ2) is 9.78. The summed E-state index contributed by atoms with van der Waals surface area (Å²) in [6.07, 6.45) is 5.16. The molecule has 1 unspecified atom stereocenters.